The fraction of sp³-hybridized carbons (Fsp3) is 0.571. The maximum Gasteiger partial charge on any atom is 0.156 e. The molecule has 0 heterocycles. The first-order valence-corrected chi connectivity index (χ1v) is 9.00. The lowest BCUT2D eigenvalue weighted by atomic mass is 10.2. The summed E-state index contributed by atoms with van der Waals surface area (Å²) in [6.07, 6.45) is 3.37. The summed E-state index contributed by atoms with van der Waals surface area (Å²) in [5.74, 6) is 2.13. The van der Waals surface area contributed by atoms with Crippen LogP contribution in [-0.4, -0.2) is 36.2 Å². The number of Topliss-reactive ketones (excluding diaryl/α,β-unsaturated/α-hetero) is 1. The van der Waals surface area contributed by atoms with Crippen LogP contribution in [0.25, 0.3) is 0 Å². The lowest BCUT2D eigenvalue weighted by Gasteiger charge is -2.06. The van der Waals surface area contributed by atoms with Gasteiger partial charge in [0.15, 0.2) is 11.6 Å². The lowest BCUT2D eigenvalue weighted by Crippen LogP contribution is -2.15. The molecule has 114 valence electrons. The molecule has 0 saturated carbocycles. The number of carbonyl (C=O) groups is 2. The highest BCUT2D eigenvalue weighted by Crippen LogP contribution is 2.19. The van der Waals surface area contributed by atoms with Gasteiger partial charge in [-0.2, -0.15) is 0 Å². The van der Waals surface area contributed by atoms with E-state index in [4.69, 9.17) is 0 Å². The number of rotatable bonds is 11. The van der Waals surface area contributed by atoms with Crippen LogP contribution in [0.5, 0.6) is 0 Å². The molecule has 0 radical (unpaired) electrons. The van der Waals surface area contributed by atoms with Crippen LogP contribution in [0.15, 0.2) is 23.5 Å². The van der Waals surface area contributed by atoms with Crippen molar-refractivity contribution in [1.82, 2.24) is 10.6 Å². The zero-order valence-electron chi connectivity index (χ0n) is 12.6. The highest BCUT2D eigenvalue weighted by Gasteiger charge is 1.95. The third-order valence-electron chi connectivity index (χ3n) is 2.30. The number of allylic oxidation sites excluding steroid dienone is 3. The van der Waals surface area contributed by atoms with Crippen molar-refractivity contribution >= 4 is 33.2 Å². The van der Waals surface area contributed by atoms with E-state index in [0.29, 0.717) is 0 Å². The molecular formula is C14H24N2O2S2. The van der Waals surface area contributed by atoms with Crippen LogP contribution in [0, 0.1) is 0 Å². The van der Waals surface area contributed by atoms with Crippen molar-refractivity contribution in [3.63, 3.8) is 0 Å². The zero-order valence-corrected chi connectivity index (χ0v) is 14.2. The Kier molecular flexibility index (Phi) is 11.4. The monoisotopic (exact) mass is 316 g/mol. The molecule has 20 heavy (non-hydrogen) atoms. The van der Waals surface area contributed by atoms with Crippen molar-refractivity contribution < 1.29 is 9.59 Å². The molecule has 0 amide bonds. The predicted octanol–water partition coefficient (Wildman–Crippen LogP) is 2.53. The van der Waals surface area contributed by atoms with Gasteiger partial charge in [0.1, 0.15) is 0 Å². The SMILES string of the molecule is CC(=O)/C=C(\C)NCCSSCCN/C=C(\C)C(C)=O. The van der Waals surface area contributed by atoms with Gasteiger partial charge >= 0.3 is 0 Å². The summed E-state index contributed by atoms with van der Waals surface area (Å²) in [5.41, 5.74) is 1.66. The minimum Gasteiger partial charge on any atom is -0.390 e. The van der Waals surface area contributed by atoms with Crippen LogP contribution in [0.3, 0.4) is 0 Å². The van der Waals surface area contributed by atoms with Gasteiger partial charge in [-0.3, -0.25) is 9.59 Å². The van der Waals surface area contributed by atoms with Crippen LogP contribution in [0.2, 0.25) is 0 Å². The fourth-order valence-corrected chi connectivity index (χ4v) is 3.02. The van der Waals surface area contributed by atoms with Crippen LogP contribution >= 0.6 is 21.6 Å². The first-order chi connectivity index (χ1) is 9.43. The Morgan fingerprint density at radius 2 is 1.60 bits per heavy atom. The van der Waals surface area contributed by atoms with E-state index in [1.54, 1.807) is 54.6 Å². The van der Waals surface area contributed by atoms with Gasteiger partial charge in [0.05, 0.1) is 0 Å². The first kappa shape index (κ1) is 19.1. The molecule has 0 aromatic carbocycles. The normalized spacial score (nSPS) is 12.2. The smallest absolute Gasteiger partial charge is 0.156 e. The van der Waals surface area contributed by atoms with Gasteiger partial charge in [-0.1, -0.05) is 21.6 Å². The maximum absolute atomic E-state index is 11.0. The number of carbonyl (C=O) groups excluding carboxylic acids is 2. The molecule has 0 rings (SSSR count). The Hall–Kier alpha value is -0.880. The van der Waals surface area contributed by atoms with Crippen LogP contribution < -0.4 is 10.6 Å². The number of nitrogens with one attached hydrogen (secondary N) is 2. The van der Waals surface area contributed by atoms with Crippen LogP contribution in [-0.2, 0) is 9.59 Å². The van der Waals surface area contributed by atoms with Gasteiger partial charge in [-0.15, -0.1) is 0 Å². The van der Waals surface area contributed by atoms with Crippen molar-refractivity contribution in [2.75, 3.05) is 24.6 Å². The quantitative estimate of drug-likeness (QED) is 0.347. The second kappa shape index (κ2) is 11.9. The highest BCUT2D eigenvalue weighted by molar-refractivity contribution is 8.76. The van der Waals surface area contributed by atoms with Gasteiger partial charge < -0.3 is 10.6 Å². The summed E-state index contributed by atoms with van der Waals surface area (Å²) >= 11 is 0. The van der Waals surface area contributed by atoms with Crippen molar-refractivity contribution in [3.8, 4) is 0 Å². The molecule has 2 N–H and O–H groups in total. The van der Waals surface area contributed by atoms with E-state index in [-0.39, 0.29) is 11.6 Å². The van der Waals surface area contributed by atoms with Gasteiger partial charge in [0, 0.05) is 42.1 Å². The Bertz CT molecular complexity index is 379. The summed E-state index contributed by atoms with van der Waals surface area (Å²) in [4.78, 5) is 21.8. The predicted molar refractivity (Wildman–Crippen MR) is 89.8 cm³/mol. The molecule has 0 aromatic heterocycles. The molecule has 0 unspecified atom stereocenters. The zero-order chi connectivity index (χ0) is 15.4. The largest absolute Gasteiger partial charge is 0.390 e. The third-order valence-corrected chi connectivity index (χ3v) is 4.70. The maximum atomic E-state index is 11.0. The molecule has 6 heteroatoms. The van der Waals surface area contributed by atoms with E-state index in [1.807, 2.05) is 6.92 Å². The van der Waals surface area contributed by atoms with Crippen LogP contribution in [0.1, 0.15) is 27.7 Å². The molecule has 0 fully saturated rings. The Morgan fingerprint density at radius 3 is 2.15 bits per heavy atom. The van der Waals surface area contributed by atoms with Crippen LogP contribution in [0.4, 0.5) is 0 Å². The molecule has 0 bridgehead atoms. The molecule has 0 saturated heterocycles. The molecule has 0 spiro atoms. The van der Waals surface area contributed by atoms with E-state index in [9.17, 15) is 9.59 Å². The van der Waals surface area contributed by atoms with Gasteiger partial charge in [-0.25, -0.2) is 0 Å². The minimum absolute atomic E-state index is 0.0667. The van der Waals surface area contributed by atoms with Crippen molar-refractivity contribution in [2.24, 2.45) is 0 Å². The molecule has 0 aliphatic carbocycles. The highest BCUT2D eigenvalue weighted by atomic mass is 33.1. The number of hydrogen-bond donors (Lipinski definition) is 2. The van der Waals surface area contributed by atoms with Crippen molar-refractivity contribution in [3.05, 3.63) is 23.5 Å². The molecule has 0 aromatic rings. The molecule has 0 atom stereocenters. The lowest BCUT2D eigenvalue weighted by molar-refractivity contribution is -0.114. The van der Waals surface area contributed by atoms with Crippen molar-refractivity contribution in [2.45, 2.75) is 27.7 Å². The summed E-state index contributed by atoms with van der Waals surface area (Å²) in [6.45, 7) is 8.51. The standard InChI is InChI=1S/C14H24N2O2S2/c1-11(14(4)18)10-15-5-7-19-20-8-6-16-12(2)9-13(3)17/h9-10,15-16H,5-8H2,1-4H3/b11-10+,12-9+. The van der Waals surface area contributed by atoms with E-state index in [1.165, 1.54) is 0 Å². The Balaban J connectivity index is 3.44. The second-order valence-electron chi connectivity index (χ2n) is 4.35. The summed E-state index contributed by atoms with van der Waals surface area (Å²) in [5, 5.41) is 6.30. The van der Waals surface area contributed by atoms with Gasteiger partial charge in [0.2, 0.25) is 0 Å². The number of ketones is 2. The third kappa shape index (κ3) is 12.2. The molecule has 0 aliphatic heterocycles. The van der Waals surface area contributed by atoms with Gasteiger partial charge in [0.25, 0.3) is 0 Å². The molecular weight excluding hydrogens is 292 g/mol. The number of hydrogen-bond acceptors (Lipinski definition) is 6. The van der Waals surface area contributed by atoms with E-state index in [0.717, 1.165) is 35.9 Å². The molecule has 4 nitrogen and oxygen atoms in total. The topological polar surface area (TPSA) is 58.2 Å². The minimum atomic E-state index is 0.0667. The Morgan fingerprint density at radius 1 is 1.00 bits per heavy atom. The molecule has 0 aliphatic rings. The average Bonchev–Trinajstić information content (AvgIpc) is 2.35. The fourth-order valence-electron chi connectivity index (χ4n) is 1.19. The first-order valence-electron chi connectivity index (χ1n) is 6.51. The average molecular weight is 316 g/mol. The van der Waals surface area contributed by atoms with E-state index in [2.05, 4.69) is 10.6 Å². The van der Waals surface area contributed by atoms with Crippen molar-refractivity contribution in [1.29, 1.82) is 0 Å². The Labute approximate surface area is 129 Å². The van der Waals surface area contributed by atoms with E-state index >= 15 is 0 Å². The summed E-state index contributed by atoms with van der Waals surface area (Å²) < 4.78 is 0. The van der Waals surface area contributed by atoms with E-state index < -0.39 is 0 Å². The summed E-state index contributed by atoms with van der Waals surface area (Å²) in [7, 11) is 3.59. The second-order valence-corrected chi connectivity index (χ2v) is 7.05. The summed E-state index contributed by atoms with van der Waals surface area (Å²) in [6, 6.07) is 0. The van der Waals surface area contributed by atoms with Gasteiger partial charge in [-0.05, 0) is 33.8 Å².